The first-order valence-corrected chi connectivity index (χ1v) is 4.37. The van der Waals surface area contributed by atoms with Gasteiger partial charge in [-0.2, -0.15) is 36.4 Å². The monoisotopic (exact) mass is 356 g/mol. The van der Waals surface area contributed by atoms with Gasteiger partial charge < -0.3 is 9.97 Å². The van der Waals surface area contributed by atoms with Gasteiger partial charge in [0.25, 0.3) is 0 Å². The van der Waals surface area contributed by atoms with Crippen LogP contribution in [0.15, 0.2) is 36.4 Å². The summed E-state index contributed by atoms with van der Waals surface area (Å²) in [6.07, 6.45) is 0. The molecule has 3 aromatic rings. The van der Waals surface area contributed by atoms with Gasteiger partial charge in [-0.15, -0.1) is 12.1 Å². The third-order valence-electron chi connectivity index (χ3n) is 2.12. The minimum atomic E-state index is 0. The number of nitrogens with zero attached hydrogens (tertiary/aromatic N) is 2. The summed E-state index contributed by atoms with van der Waals surface area (Å²) >= 11 is 0. The summed E-state index contributed by atoms with van der Waals surface area (Å²) < 4.78 is 0. The van der Waals surface area contributed by atoms with Gasteiger partial charge in [0.1, 0.15) is 0 Å². The molecule has 1 heterocycles. The van der Waals surface area contributed by atoms with Crippen molar-refractivity contribution in [1.82, 2.24) is 9.97 Å². The van der Waals surface area contributed by atoms with E-state index in [1.54, 1.807) is 0 Å². The van der Waals surface area contributed by atoms with E-state index in [2.05, 4.69) is 22.1 Å². The second kappa shape index (κ2) is 6.25. The van der Waals surface area contributed by atoms with Crippen LogP contribution in [0.25, 0.3) is 22.1 Å². The zero-order chi connectivity index (χ0) is 9.38. The molecule has 0 bridgehead atoms. The van der Waals surface area contributed by atoms with Gasteiger partial charge in [-0.25, -0.2) is 0 Å². The van der Waals surface area contributed by atoms with E-state index in [1.165, 1.54) is 0 Å². The molecule has 4 heteroatoms. The van der Waals surface area contributed by atoms with E-state index in [0.717, 1.165) is 22.1 Å². The summed E-state index contributed by atoms with van der Waals surface area (Å²) in [5.74, 6) is 0. The van der Waals surface area contributed by atoms with E-state index in [9.17, 15) is 0 Å². The Balaban J connectivity index is 0.000000640. The Labute approximate surface area is 144 Å². The Bertz CT molecular complexity index is 506. The topological polar surface area (TPSA) is 25.8 Å². The average Bonchev–Trinajstić information content (AvgIpc) is 2.26. The molecular weight excluding hydrogens is 350 g/mol. The first-order valence-electron chi connectivity index (χ1n) is 4.37. The fourth-order valence-electron chi connectivity index (χ4n) is 1.45. The molecule has 0 fully saturated rings. The predicted molar refractivity (Wildman–Crippen MR) is 54.7 cm³/mol. The van der Waals surface area contributed by atoms with Gasteiger partial charge in [0.15, 0.2) is 0 Å². The van der Waals surface area contributed by atoms with E-state index in [1.807, 2.05) is 36.4 Å². The van der Waals surface area contributed by atoms with Crippen LogP contribution in [0.5, 0.6) is 0 Å². The maximum atomic E-state index is 4.46. The molecular formula is C12H6N2Y2-2. The zero-order valence-electron chi connectivity index (χ0n) is 8.51. The minimum Gasteiger partial charge on any atom is -0.335 e. The van der Waals surface area contributed by atoms with Crippen LogP contribution >= 0.6 is 0 Å². The molecule has 0 saturated carbocycles. The average molecular weight is 356 g/mol. The van der Waals surface area contributed by atoms with Crippen molar-refractivity contribution in [3.8, 4) is 0 Å². The summed E-state index contributed by atoms with van der Waals surface area (Å²) in [5.41, 5.74) is 3.56. The molecule has 0 aliphatic carbocycles. The molecule has 1 aromatic heterocycles. The number of benzene rings is 2. The first-order chi connectivity index (χ1) is 6.93. The van der Waals surface area contributed by atoms with Crippen LogP contribution < -0.4 is 0 Å². The minimum absolute atomic E-state index is 0. The van der Waals surface area contributed by atoms with Crippen molar-refractivity contribution >= 4 is 22.1 Å². The zero-order valence-corrected chi connectivity index (χ0v) is 14.2. The molecule has 3 rings (SSSR count). The van der Waals surface area contributed by atoms with Crippen LogP contribution in [0.1, 0.15) is 0 Å². The second-order valence-corrected chi connectivity index (χ2v) is 3.05. The van der Waals surface area contributed by atoms with Crippen molar-refractivity contribution in [1.29, 1.82) is 0 Å². The molecule has 0 N–H and O–H groups in total. The van der Waals surface area contributed by atoms with Crippen LogP contribution in [-0.4, -0.2) is 9.97 Å². The maximum Gasteiger partial charge on any atom is 0 e. The van der Waals surface area contributed by atoms with Crippen molar-refractivity contribution in [3.05, 3.63) is 48.5 Å². The number of fused-ring (bicyclic) bond motifs is 2. The number of hydrogen-bond donors (Lipinski definition) is 0. The Morgan fingerprint density at radius 1 is 0.688 bits per heavy atom. The largest absolute Gasteiger partial charge is 0.335 e. The molecule has 2 nitrogen and oxygen atoms in total. The Morgan fingerprint density at radius 3 is 1.56 bits per heavy atom. The Hall–Kier alpha value is 0.248. The van der Waals surface area contributed by atoms with Crippen LogP contribution in [0.4, 0.5) is 0 Å². The van der Waals surface area contributed by atoms with Gasteiger partial charge in [0, 0.05) is 65.4 Å². The fourth-order valence-corrected chi connectivity index (χ4v) is 1.45. The molecule has 16 heavy (non-hydrogen) atoms. The van der Waals surface area contributed by atoms with Crippen LogP contribution in [-0.2, 0) is 65.4 Å². The van der Waals surface area contributed by atoms with Gasteiger partial charge >= 0.3 is 0 Å². The number of rotatable bonds is 0. The normalized spacial score (nSPS) is 9.50. The van der Waals surface area contributed by atoms with Crippen LogP contribution in [0.3, 0.4) is 0 Å². The molecule has 2 aromatic carbocycles. The van der Waals surface area contributed by atoms with E-state index >= 15 is 0 Å². The first kappa shape index (κ1) is 14.3. The summed E-state index contributed by atoms with van der Waals surface area (Å²) in [4.78, 5) is 8.93. The van der Waals surface area contributed by atoms with Gasteiger partial charge in [-0.05, 0) is 22.1 Å². The summed E-state index contributed by atoms with van der Waals surface area (Å²) in [6.45, 7) is 0. The van der Waals surface area contributed by atoms with Gasteiger partial charge in [-0.3, -0.25) is 0 Å². The SMILES string of the molecule is [Y].[Y].[c-]1ccc2nc3c[c-]ccc3nc2c1. The quantitative estimate of drug-likeness (QED) is 0.457. The van der Waals surface area contributed by atoms with E-state index in [-0.39, 0.29) is 65.4 Å². The standard InChI is InChI=1S/C12H6N2.2Y/c1-2-6-10-9(5-1)13-11-7-3-4-8-12(11)14-10;;/h1,4-8H;;/q-2;;. The molecule has 0 spiro atoms. The summed E-state index contributed by atoms with van der Waals surface area (Å²) in [6, 6.07) is 17.2. The third-order valence-corrected chi connectivity index (χ3v) is 2.12. The van der Waals surface area contributed by atoms with Gasteiger partial charge in [0.2, 0.25) is 0 Å². The van der Waals surface area contributed by atoms with Crippen molar-refractivity contribution in [2.75, 3.05) is 0 Å². The molecule has 0 unspecified atom stereocenters. The molecule has 72 valence electrons. The van der Waals surface area contributed by atoms with Crippen LogP contribution in [0, 0.1) is 12.1 Å². The van der Waals surface area contributed by atoms with Crippen molar-refractivity contribution in [2.24, 2.45) is 0 Å². The number of hydrogen-bond acceptors (Lipinski definition) is 2. The Morgan fingerprint density at radius 2 is 1.12 bits per heavy atom. The second-order valence-electron chi connectivity index (χ2n) is 3.05. The van der Waals surface area contributed by atoms with Gasteiger partial charge in [0.05, 0.1) is 0 Å². The third kappa shape index (κ3) is 2.73. The van der Waals surface area contributed by atoms with Crippen molar-refractivity contribution < 1.29 is 65.4 Å². The van der Waals surface area contributed by atoms with E-state index in [4.69, 9.17) is 0 Å². The molecule has 0 aliphatic heterocycles. The summed E-state index contributed by atoms with van der Waals surface area (Å²) in [7, 11) is 0. The van der Waals surface area contributed by atoms with Crippen LogP contribution in [0.2, 0.25) is 0 Å². The van der Waals surface area contributed by atoms with Crippen molar-refractivity contribution in [2.45, 2.75) is 0 Å². The van der Waals surface area contributed by atoms with E-state index in [0.29, 0.717) is 0 Å². The predicted octanol–water partition coefficient (Wildman–Crippen LogP) is 2.38. The summed E-state index contributed by atoms with van der Waals surface area (Å²) in [5, 5.41) is 0. The molecule has 0 aliphatic rings. The smallest absolute Gasteiger partial charge is 0 e. The molecule has 2 radical (unpaired) electrons. The van der Waals surface area contributed by atoms with E-state index < -0.39 is 0 Å². The maximum absolute atomic E-state index is 4.46. The number of aromatic nitrogens is 2. The van der Waals surface area contributed by atoms with Gasteiger partial charge in [-0.1, -0.05) is 0 Å². The fraction of sp³-hybridized carbons (Fsp3) is 0. The Kier molecular flexibility index (Phi) is 5.59. The molecule has 0 amide bonds. The molecule has 0 saturated heterocycles. The molecule has 0 atom stereocenters. The van der Waals surface area contributed by atoms with Crippen molar-refractivity contribution in [3.63, 3.8) is 0 Å².